The SMILES string of the molecule is CCCCCN1C(=O)/C(=C\c2cn(-c3ccccc3)nc2-c2ccc(OCC(C)C)cc2)SC1=S. The number of unbranched alkanes of at least 4 members (excludes halogenated alkanes) is 2. The molecule has 0 saturated carbocycles. The summed E-state index contributed by atoms with van der Waals surface area (Å²) < 4.78 is 8.32. The summed E-state index contributed by atoms with van der Waals surface area (Å²) in [5, 5.41) is 4.88. The molecule has 1 aliphatic rings. The maximum absolute atomic E-state index is 13.1. The molecule has 1 aliphatic heterocycles. The second kappa shape index (κ2) is 11.7. The summed E-state index contributed by atoms with van der Waals surface area (Å²) in [6.07, 6.45) is 7.04. The molecule has 0 atom stereocenters. The number of benzene rings is 2. The van der Waals surface area contributed by atoms with E-state index < -0.39 is 0 Å². The normalized spacial score (nSPS) is 15.0. The van der Waals surface area contributed by atoms with Crippen LogP contribution in [0.5, 0.6) is 5.75 Å². The number of thioether (sulfide) groups is 1. The number of carbonyl (C=O) groups excluding carboxylic acids is 1. The van der Waals surface area contributed by atoms with Crippen molar-refractivity contribution in [3.63, 3.8) is 0 Å². The lowest BCUT2D eigenvalue weighted by atomic mass is 10.1. The third-order valence-corrected chi connectivity index (χ3v) is 7.00. The number of thiocarbonyl (C=S) groups is 1. The van der Waals surface area contributed by atoms with Gasteiger partial charge in [0.05, 0.1) is 22.9 Å². The van der Waals surface area contributed by atoms with Crippen LogP contribution in [-0.4, -0.2) is 38.1 Å². The van der Waals surface area contributed by atoms with Crippen LogP contribution >= 0.6 is 24.0 Å². The van der Waals surface area contributed by atoms with Gasteiger partial charge in [-0.25, -0.2) is 4.68 Å². The third kappa shape index (κ3) is 6.21. The zero-order valence-electron chi connectivity index (χ0n) is 20.4. The third-order valence-electron chi connectivity index (χ3n) is 5.62. The summed E-state index contributed by atoms with van der Waals surface area (Å²) in [4.78, 5) is 15.5. The van der Waals surface area contributed by atoms with E-state index in [-0.39, 0.29) is 5.91 Å². The highest BCUT2D eigenvalue weighted by Gasteiger charge is 2.32. The van der Waals surface area contributed by atoms with Gasteiger partial charge in [0.2, 0.25) is 0 Å². The average Bonchev–Trinajstić information content (AvgIpc) is 3.40. The van der Waals surface area contributed by atoms with Crippen LogP contribution in [0.1, 0.15) is 45.6 Å². The van der Waals surface area contributed by atoms with Gasteiger partial charge < -0.3 is 4.74 Å². The number of ether oxygens (including phenoxy) is 1. The molecule has 0 radical (unpaired) electrons. The highest BCUT2D eigenvalue weighted by Crippen LogP contribution is 2.35. The number of amides is 1. The lowest BCUT2D eigenvalue weighted by Gasteiger charge is -2.13. The van der Waals surface area contributed by atoms with Crippen molar-refractivity contribution in [3.8, 4) is 22.7 Å². The van der Waals surface area contributed by atoms with Crippen molar-refractivity contribution in [1.82, 2.24) is 14.7 Å². The molecule has 0 aliphatic carbocycles. The van der Waals surface area contributed by atoms with E-state index >= 15 is 0 Å². The van der Waals surface area contributed by atoms with Crippen LogP contribution in [0.4, 0.5) is 0 Å². The molecule has 0 bridgehead atoms. The number of carbonyl (C=O) groups is 1. The molecule has 4 rings (SSSR count). The van der Waals surface area contributed by atoms with Crippen LogP contribution in [0.3, 0.4) is 0 Å². The van der Waals surface area contributed by atoms with Gasteiger partial charge in [-0.2, -0.15) is 5.10 Å². The molecule has 1 amide bonds. The Morgan fingerprint density at radius 2 is 1.83 bits per heavy atom. The van der Waals surface area contributed by atoms with Crippen molar-refractivity contribution in [2.45, 2.75) is 40.0 Å². The Hall–Kier alpha value is -2.90. The van der Waals surface area contributed by atoms with Gasteiger partial charge in [0, 0.05) is 23.9 Å². The van der Waals surface area contributed by atoms with Crippen LogP contribution in [0.2, 0.25) is 0 Å². The van der Waals surface area contributed by atoms with E-state index in [1.807, 2.05) is 71.6 Å². The minimum absolute atomic E-state index is 0.0213. The topological polar surface area (TPSA) is 47.4 Å². The van der Waals surface area contributed by atoms with Gasteiger partial charge in [-0.15, -0.1) is 0 Å². The second-order valence-corrected chi connectivity index (χ2v) is 10.7. The molecule has 1 saturated heterocycles. The van der Waals surface area contributed by atoms with Gasteiger partial charge in [0.1, 0.15) is 10.1 Å². The fourth-order valence-corrected chi connectivity index (χ4v) is 5.06. The Morgan fingerprint density at radius 3 is 2.51 bits per heavy atom. The summed E-state index contributed by atoms with van der Waals surface area (Å²) >= 11 is 6.89. The van der Waals surface area contributed by atoms with Crippen molar-refractivity contribution in [1.29, 1.82) is 0 Å². The fourth-order valence-electron chi connectivity index (χ4n) is 3.76. The van der Waals surface area contributed by atoms with Crippen molar-refractivity contribution in [3.05, 3.63) is 71.3 Å². The number of rotatable bonds is 10. The van der Waals surface area contributed by atoms with Gasteiger partial charge in [-0.3, -0.25) is 9.69 Å². The molecule has 3 aromatic rings. The maximum Gasteiger partial charge on any atom is 0.266 e. The minimum atomic E-state index is -0.0213. The lowest BCUT2D eigenvalue weighted by molar-refractivity contribution is -0.122. The largest absolute Gasteiger partial charge is 0.493 e. The average molecular weight is 506 g/mol. The zero-order chi connectivity index (χ0) is 24.8. The first kappa shape index (κ1) is 25.2. The fraction of sp³-hybridized carbons (Fsp3) is 0.321. The number of para-hydroxylation sites is 1. The first-order valence-corrected chi connectivity index (χ1v) is 13.3. The van der Waals surface area contributed by atoms with Gasteiger partial charge in [-0.05, 0) is 54.8 Å². The summed E-state index contributed by atoms with van der Waals surface area (Å²) in [6, 6.07) is 17.9. The molecule has 35 heavy (non-hydrogen) atoms. The standard InChI is InChI=1S/C28H31N3O2S2/c1-4-5-9-16-30-27(32)25(35-28(30)34)17-22-18-31(23-10-7-6-8-11-23)29-26(22)21-12-14-24(15-13-21)33-19-20(2)3/h6-8,10-15,17-18,20H,4-5,9,16,19H2,1-3H3/b25-17+. The molecular formula is C28H31N3O2S2. The van der Waals surface area contributed by atoms with E-state index in [0.29, 0.717) is 28.3 Å². The van der Waals surface area contributed by atoms with E-state index in [0.717, 1.165) is 47.5 Å². The van der Waals surface area contributed by atoms with Crippen LogP contribution < -0.4 is 4.74 Å². The molecule has 5 nitrogen and oxygen atoms in total. The van der Waals surface area contributed by atoms with Gasteiger partial charge in [0.15, 0.2) is 0 Å². The van der Waals surface area contributed by atoms with Gasteiger partial charge >= 0.3 is 0 Å². The van der Waals surface area contributed by atoms with Crippen molar-refractivity contribution in [2.75, 3.05) is 13.2 Å². The summed E-state index contributed by atoms with van der Waals surface area (Å²) in [6.45, 7) is 7.75. The number of hydrogen-bond acceptors (Lipinski definition) is 5. The quantitative estimate of drug-likeness (QED) is 0.169. The van der Waals surface area contributed by atoms with E-state index in [9.17, 15) is 4.79 Å². The first-order valence-electron chi connectivity index (χ1n) is 12.1. The Labute approximate surface area is 217 Å². The summed E-state index contributed by atoms with van der Waals surface area (Å²) in [7, 11) is 0. The highest BCUT2D eigenvalue weighted by atomic mass is 32.2. The van der Waals surface area contributed by atoms with Crippen molar-refractivity contribution in [2.24, 2.45) is 5.92 Å². The van der Waals surface area contributed by atoms with Crippen molar-refractivity contribution >= 4 is 40.3 Å². The Morgan fingerprint density at radius 1 is 1.09 bits per heavy atom. The van der Waals surface area contributed by atoms with Crippen molar-refractivity contribution < 1.29 is 9.53 Å². The molecular weight excluding hydrogens is 474 g/mol. The molecule has 0 N–H and O–H groups in total. The summed E-state index contributed by atoms with van der Waals surface area (Å²) in [5.41, 5.74) is 3.60. The molecule has 1 fully saturated rings. The minimum Gasteiger partial charge on any atom is -0.493 e. The predicted molar refractivity (Wildman–Crippen MR) is 149 cm³/mol. The van der Waals surface area contributed by atoms with E-state index in [1.54, 1.807) is 4.90 Å². The van der Waals surface area contributed by atoms with E-state index in [1.165, 1.54) is 11.8 Å². The van der Waals surface area contributed by atoms with Gasteiger partial charge in [0.25, 0.3) is 5.91 Å². The Kier molecular flexibility index (Phi) is 8.42. The molecule has 0 unspecified atom stereocenters. The highest BCUT2D eigenvalue weighted by molar-refractivity contribution is 8.26. The molecule has 2 heterocycles. The van der Waals surface area contributed by atoms with Gasteiger partial charge in [-0.1, -0.05) is 75.8 Å². The first-order chi connectivity index (χ1) is 17.0. The van der Waals surface area contributed by atoms with E-state index in [2.05, 4.69) is 20.8 Å². The maximum atomic E-state index is 13.1. The Bertz CT molecular complexity index is 1200. The second-order valence-electron chi connectivity index (χ2n) is 8.98. The molecule has 182 valence electrons. The number of nitrogens with zero attached hydrogens (tertiary/aromatic N) is 3. The molecule has 7 heteroatoms. The predicted octanol–water partition coefficient (Wildman–Crippen LogP) is 6.97. The van der Waals surface area contributed by atoms with E-state index in [4.69, 9.17) is 22.1 Å². The van der Waals surface area contributed by atoms with Crippen LogP contribution in [-0.2, 0) is 4.79 Å². The zero-order valence-corrected chi connectivity index (χ0v) is 22.1. The number of hydrogen-bond donors (Lipinski definition) is 0. The summed E-state index contributed by atoms with van der Waals surface area (Å²) in [5.74, 6) is 1.27. The lowest BCUT2D eigenvalue weighted by Crippen LogP contribution is -2.28. The van der Waals surface area contributed by atoms with Crippen LogP contribution in [0.25, 0.3) is 23.0 Å². The van der Waals surface area contributed by atoms with Crippen LogP contribution in [0.15, 0.2) is 65.7 Å². The number of aromatic nitrogens is 2. The van der Waals surface area contributed by atoms with Crippen LogP contribution in [0, 0.1) is 5.92 Å². The Balaban J connectivity index is 1.66. The molecule has 1 aromatic heterocycles. The molecule has 0 spiro atoms. The molecule has 2 aromatic carbocycles. The monoisotopic (exact) mass is 505 g/mol. The smallest absolute Gasteiger partial charge is 0.266 e.